The van der Waals surface area contributed by atoms with Crippen LogP contribution in [0.25, 0.3) is 10.9 Å². The molecular weight excluding hydrogens is 298 g/mol. The molecule has 0 aliphatic carbocycles. The quantitative estimate of drug-likeness (QED) is 0.919. The number of rotatable bonds is 2. The van der Waals surface area contributed by atoms with E-state index in [2.05, 4.69) is 4.98 Å². The van der Waals surface area contributed by atoms with Gasteiger partial charge in [-0.15, -0.1) is 0 Å². The van der Waals surface area contributed by atoms with Gasteiger partial charge in [0.25, 0.3) is 0 Å². The van der Waals surface area contributed by atoms with Crippen LogP contribution in [0.3, 0.4) is 0 Å². The molecule has 2 atom stereocenters. The van der Waals surface area contributed by atoms with Gasteiger partial charge < -0.3 is 5.73 Å². The molecule has 1 fully saturated rings. The largest absolute Gasteiger partial charge is 0.328 e. The van der Waals surface area contributed by atoms with E-state index in [1.165, 1.54) is 0 Å². The lowest BCUT2D eigenvalue weighted by molar-refractivity contribution is 0.247. The van der Waals surface area contributed by atoms with Gasteiger partial charge in [0.2, 0.25) is 10.0 Å². The Bertz CT molecular complexity index is 804. The molecule has 118 valence electrons. The van der Waals surface area contributed by atoms with Crippen molar-refractivity contribution in [3.63, 3.8) is 0 Å². The van der Waals surface area contributed by atoms with Crippen LogP contribution in [-0.2, 0) is 10.0 Å². The molecule has 5 nitrogen and oxygen atoms in total. The fourth-order valence-corrected chi connectivity index (χ4v) is 5.02. The lowest BCUT2D eigenvalue weighted by atomic mass is 10.0. The highest BCUT2D eigenvalue weighted by Crippen LogP contribution is 2.30. The Morgan fingerprint density at radius 2 is 2.09 bits per heavy atom. The van der Waals surface area contributed by atoms with Gasteiger partial charge in [-0.2, -0.15) is 4.31 Å². The summed E-state index contributed by atoms with van der Waals surface area (Å²) in [6.45, 7) is 4.33. The molecule has 2 N–H and O–H groups in total. The fourth-order valence-electron chi connectivity index (χ4n) is 3.18. The SMILES string of the molecule is Cc1ccc(S(=O)(=O)N2CC[C@@H](N)C[C@H]2C)c2cccnc12. The minimum absolute atomic E-state index is 0.0814. The third kappa shape index (κ3) is 2.51. The van der Waals surface area contributed by atoms with E-state index in [4.69, 9.17) is 5.73 Å². The Morgan fingerprint density at radius 3 is 2.82 bits per heavy atom. The summed E-state index contributed by atoms with van der Waals surface area (Å²) >= 11 is 0. The van der Waals surface area contributed by atoms with Crippen LogP contribution in [0.1, 0.15) is 25.3 Å². The summed E-state index contributed by atoms with van der Waals surface area (Å²) < 4.78 is 27.8. The van der Waals surface area contributed by atoms with Crippen molar-refractivity contribution in [1.29, 1.82) is 0 Å². The molecule has 1 aromatic heterocycles. The van der Waals surface area contributed by atoms with Gasteiger partial charge in [0.1, 0.15) is 0 Å². The average Bonchev–Trinajstić information content (AvgIpc) is 2.47. The molecule has 1 aliphatic rings. The summed E-state index contributed by atoms with van der Waals surface area (Å²) in [5.41, 5.74) is 7.66. The van der Waals surface area contributed by atoms with Crippen molar-refractivity contribution in [3.8, 4) is 0 Å². The van der Waals surface area contributed by atoms with Crippen molar-refractivity contribution in [2.24, 2.45) is 5.73 Å². The van der Waals surface area contributed by atoms with Gasteiger partial charge in [-0.1, -0.05) is 6.07 Å². The molecule has 0 spiro atoms. The van der Waals surface area contributed by atoms with Gasteiger partial charge in [0.15, 0.2) is 0 Å². The first-order valence-electron chi connectivity index (χ1n) is 7.53. The first kappa shape index (κ1) is 15.4. The molecule has 0 unspecified atom stereocenters. The van der Waals surface area contributed by atoms with Crippen LogP contribution in [-0.4, -0.2) is 36.3 Å². The Labute approximate surface area is 131 Å². The topological polar surface area (TPSA) is 76.3 Å². The van der Waals surface area contributed by atoms with E-state index in [0.29, 0.717) is 29.7 Å². The predicted molar refractivity (Wildman–Crippen MR) is 87.0 cm³/mol. The minimum atomic E-state index is -3.54. The van der Waals surface area contributed by atoms with Crippen molar-refractivity contribution >= 4 is 20.9 Å². The summed E-state index contributed by atoms with van der Waals surface area (Å²) in [5.74, 6) is 0. The summed E-state index contributed by atoms with van der Waals surface area (Å²) in [4.78, 5) is 4.66. The maximum atomic E-state index is 13.1. The van der Waals surface area contributed by atoms with Gasteiger partial charge in [-0.05, 0) is 50.5 Å². The molecule has 2 heterocycles. The van der Waals surface area contributed by atoms with Crippen LogP contribution in [0.4, 0.5) is 0 Å². The smallest absolute Gasteiger partial charge is 0.243 e. The normalized spacial score (nSPS) is 23.8. The van der Waals surface area contributed by atoms with Crippen molar-refractivity contribution in [2.45, 2.75) is 43.7 Å². The van der Waals surface area contributed by atoms with Gasteiger partial charge >= 0.3 is 0 Å². The maximum absolute atomic E-state index is 13.1. The molecule has 1 saturated heterocycles. The number of aromatic nitrogens is 1. The highest BCUT2D eigenvalue weighted by Gasteiger charge is 2.34. The second kappa shape index (κ2) is 5.61. The fraction of sp³-hybridized carbons (Fsp3) is 0.438. The van der Waals surface area contributed by atoms with Crippen LogP contribution in [0, 0.1) is 6.92 Å². The zero-order valence-corrected chi connectivity index (χ0v) is 13.7. The number of nitrogens with two attached hydrogens (primary N) is 1. The number of sulfonamides is 1. The highest BCUT2D eigenvalue weighted by atomic mass is 32.2. The second-order valence-electron chi connectivity index (χ2n) is 6.03. The maximum Gasteiger partial charge on any atom is 0.243 e. The Kier molecular flexibility index (Phi) is 3.92. The molecule has 0 amide bonds. The third-order valence-corrected chi connectivity index (χ3v) is 6.45. The highest BCUT2D eigenvalue weighted by molar-refractivity contribution is 7.89. The van der Waals surface area contributed by atoms with E-state index in [1.807, 2.05) is 26.0 Å². The second-order valence-corrected chi connectivity index (χ2v) is 7.89. The number of nitrogens with zero attached hydrogens (tertiary/aromatic N) is 2. The Balaban J connectivity index is 2.12. The standard InChI is InChI=1S/C16H21N3O2S/c1-11-5-6-15(14-4-3-8-18-16(11)14)22(20,21)19-9-7-13(17)10-12(19)2/h3-6,8,12-13H,7,9-10,17H2,1-2H3/t12-,13-/m1/s1. The Hall–Kier alpha value is -1.50. The third-order valence-electron chi connectivity index (χ3n) is 4.37. The first-order chi connectivity index (χ1) is 10.4. The van der Waals surface area contributed by atoms with Crippen molar-refractivity contribution in [3.05, 3.63) is 36.0 Å². The molecule has 1 aliphatic heterocycles. The first-order valence-corrected chi connectivity index (χ1v) is 8.97. The molecule has 6 heteroatoms. The van der Waals surface area contributed by atoms with Crippen LogP contribution in [0.2, 0.25) is 0 Å². The van der Waals surface area contributed by atoms with Gasteiger partial charge in [-0.25, -0.2) is 8.42 Å². The van der Waals surface area contributed by atoms with E-state index >= 15 is 0 Å². The summed E-state index contributed by atoms with van der Waals surface area (Å²) in [5, 5.41) is 0.685. The van der Waals surface area contributed by atoms with E-state index in [0.717, 1.165) is 11.1 Å². The molecular formula is C16H21N3O2S. The molecule has 0 radical (unpaired) electrons. The monoisotopic (exact) mass is 319 g/mol. The molecule has 0 bridgehead atoms. The number of hydrogen-bond acceptors (Lipinski definition) is 4. The molecule has 2 aromatic rings. The molecule has 3 rings (SSSR count). The number of aryl methyl sites for hydroxylation is 1. The number of pyridine rings is 1. The summed E-state index contributed by atoms with van der Waals surface area (Å²) in [6.07, 6.45) is 3.08. The van der Waals surface area contributed by atoms with Crippen LogP contribution >= 0.6 is 0 Å². The lowest BCUT2D eigenvalue weighted by Gasteiger charge is -2.35. The van der Waals surface area contributed by atoms with Gasteiger partial charge in [0, 0.05) is 30.2 Å². The van der Waals surface area contributed by atoms with Crippen LogP contribution in [0.15, 0.2) is 35.4 Å². The van der Waals surface area contributed by atoms with Crippen LogP contribution in [0.5, 0.6) is 0 Å². The van der Waals surface area contributed by atoms with Crippen molar-refractivity contribution in [1.82, 2.24) is 9.29 Å². The number of hydrogen-bond donors (Lipinski definition) is 1. The molecule has 22 heavy (non-hydrogen) atoms. The zero-order valence-electron chi connectivity index (χ0n) is 12.9. The van der Waals surface area contributed by atoms with E-state index in [-0.39, 0.29) is 12.1 Å². The number of fused-ring (bicyclic) bond motifs is 1. The van der Waals surface area contributed by atoms with E-state index in [9.17, 15) is 8.42 Å². The van der Waals surface area contributed by atoms with Crippen LogP contribution < -0.4 is 5.73 Å². The van der Waals surface area contributed by atoms with Gasteiger partial charge in [0.05, 0.1) is 10.4 Å². The van der Waals surface area contributed by atoms with Crippen molar-refractivity contribution in [2.75, 3.05) is 6.54 Å². The number of benzene rings is 1. The van der Waals surface area contributed by atoms with Gasteiger partial charge in [-0.3, -0.25) is 4.98 Å². The predicted octanol–water partition coefficient (Wildman–Crippen LogP) is 2.04. The Morgan fingerprint density at radius 1 is 1.32 bits per heavy atom. The summed E-state index contributed by atoms with van der Waals surface area (Å²) in [7, 11) is -3.54. The lowest BCUT2D eigenvalue weighted by Crippen LogP contribution is -2.48. The van der Waals surface area contributed by atoms with E-state index in [1.54, 1.807) is 22.6 Å². The minimum Gasteiger partial charge on any atom is -0.328 e. The molecule has 0 saturated carbocycles. The zero-order chi connectivity index (χ0) is 15.9. The molecule has 1 aromatic carbocycles. The van der Waals surface area contributed by atoms with E-state index < -0.39 is 10.0 Å². The average molecular weight is 319 g/mol. The summed E-state index contributed by atoms with van der Waals surface area (Å²) in [6, 6.07) is 7.11. The van der Waals surface area contributed by atoms with Crippen molar-refractivity contribution < 1.29 is 8.42 Å². The number of piperidine rings is 1.